The van der Waals surface area contributed by atoms with Gasteiger partial charge in [-0.3, -0.25) is 0 Å². The van der Waals surface area contributed by atoms with Crippen LogP contribution in [0.2, 0.25) is 0 Å². The molecule has 1 aromatic heterocycles. The molecule has 0 saturated carbocycles. The van der Waals surface area contributed by atoms with Gasteiger partial charge < -0.3 is 15.2 Å². The molecule has 1 aliphatic heterocycles. The second kappa shape index (κ2) is 5.44. The summed E-state index contributed by atoms with van der Waals surface area (Å²) in [5, 5.41) is 13.6. The van der Waals surface area contributed by atoms with E-state index in [1.165, 1.54) is 4.88 Å². The maximum Gasteiger partial charge on any atom is 0.105 e. The van der Waals surface area contributed by atoms with Gasteiger partial charge in [-0.25, -0.2) is 4.98 Å². The van der Waals surface area contributed by atoms with E-state index in [4.69, 9.17) is 4.74 Å². The van der Waals surface area contributed by atoms with Crippen molar-refractivity contribution in [1.29, 1.82) is 0 Å². The number of ether oxygens (including phenoxy) is 1. The van der Waals surface area contributed by atoms with Crippen LogP contribution >= 0.6 is 11.3 Å². The first-order chi connectivity index (χ1) is 8.12. The normalized spacial score (nSPS) is 28.8. The zero-order valence-electron chi connectivity index (χ0n) is 10.4. The van der Waals surface area contributed by atoms with E-state index in [1.807, 2.05) is 19.4 Å². The molecule has 0 aromatic carbocycles. The molecule has 2 unspecified atom stereocenters. The van der Waals surface area contributed by atoms with E-state index in [-0.39, 0.29) is 6.10 Å². The van der Waals surface area contributed by atoms with Crippen molar-refractivity contribution in [1.82, 2.24) is 10.3 Å². The highest BCUT2D eigenvalue weighted by atomic mass is 32.1. The molecule has 1 aromatic rings. The van der Waals surface area contributed by atoms with Crippen LogP contribution in [0.25, 0.3) is 0 Å². The van der Waals surface area contributed by atoms with Gasteiger partial charge in [0.1, 0.15) is 5.60 Å². The van der Waals surface area contributed by atoms with Crippen molar-refractivity contribution >= 4 is 11.3 Å². The molecule has 2 rings (SSSR count). The minimum absolute atomic E-state index is 0.0693. The molecular formula is C12H20N2O2S. The molecule has 2 heterocycles. The Morgan fingerprint density at radius 1 is 1.71 bits per heavy atom. The number of hydrogen-bond donors (Lipinski definition) is 2. The Hall–Kier alpha value is -0.490. The summed E-state index contributed by atoms with van der Waals surface area (Å²) in [5.41, 5.74) is 2.31. The van der Waals surface area contributed by atoms with Crippen molar-refractivity contribution in [3.8, 4) is 0 Å². The summed E-state index contributed by atoms with van der Waals surface area (Å²) in [6.45, 7) is 6.10. The van der Waals surface area contributed by atoms with E-state index in [1.54, 1.807) is 11.3 Å². The largest absolute Gasteiger partial charge is 0.386 e. The van der Waals surface area contributed by atoms with Gasteiger partial charge in [0.25, 0.3) is 0 Å². The number of thiazole rings is 1. The maximum absolute atomic E-state index is 10.3. The lowest BCUT2D eigenvalue weighted by molar-refractivity contribution is -0.0259. The van der Waals surface area contributed by atoms with Crippen LogP contribution in [-0.4, -0.2) is 41.5 Å². The summed E-state index contributed by atoms with van der Waals surface area (Å²) in [6, 6.07) is 0. The predicted octanol–water partition coefficient (Wildman–Crippen LogP) is 1.12. The van der Waals surface area contributed by atoms with E-state index in [9.17, 15) is 5.11 Å². The van der Waals surface area contributed by atoms with Crippen LogP contribution in [0.1, 0.15) is 23.9 Å². The van der Waals surface area contributed by atoms with Crippen molar-refractivity contribution < 1.29 is 9.84 Å². The number of aryl methyl sites for hydroxylation is 1. The van der Waals surface area contributed by atoms with Crippen LogP contribution < -0.4 is 5.32 Å². The third-order valence-corrected chi connectivity index (χ3v) is 4.46. The lowest BCUT2D eigenvalue weighted by Crippen LogP contribution is -2.46. The van der Waals surface area contributed by atoms with Crippen molar-refractivity contribution in [3.63, 3.8) is 0 Å². The predicted molar refractivity (Wildman–Crippen MR) is 68.4 cm³/mol. The van der Waals surface area contributed by atoms with Gasteiger partial charge in [0, 0.05) is 31.0 Å². The van der Waals surface area contributed by atoms with Crippen LogP contribution in [0.3, 0.4) is 0 Å². The molecule has 1 aliphatic rings. The topological polar surface area (TPSA) is 54.4 Å². The van der Waals surface area contributed by atoms with Crippen molar-refractivity contribution in [2.24, 2.45) is 0 Å². The Kier molecular flexibility index (Phi) is 4.14. The molecular weight excluding hydrogens is 236 g/mol. The Morgan fingerprint density at radius 2 is 2.53 bits per heavy atom. The molecule has 0 aliphatic carbocycles. The minimum atomic E-state index is -0.692. The number of nitrogens with zero attached hydrogens (tertiary/aromatic N) is 1. The van der Waals surface area contributed by atoms with Crippen LogP contribution in [0.15, 0.2) is 5.51 Å². The van der Waals surface area contributed by atoms with Gasteiger partial charge in [0.2, 0.25) is 0 Å². The summed E-state index contributed by atoms with van der Waals surface area (Å²) in [4.78, 5) is 5.54. The minimum Gasteiger partial charge on any atom is -0.386 e. The molecule has 2 N–H and O–H groups in total. The number of aromatic nitrogens is 1. The fraction of sp³-hybridized carbons (Fsp3) is 0.750. The first-order valence-electron chi connectivity index (χ1n) is 6.05. The summed E-state index contributed by atoms with van der Waals surface area (Å²) >= 11 is 1.69. The summed E-state index contributed by atoms with van der Waals surface area (Å²) < 4.78 is 5.39. The summed E-state index contributed by atoms with van der Waals surface area (Å²) in [6.07, 6.45) is 1.63. The molecule has 0 bridgehead atoms. The van der Waals surface area contributed by atoms with Gasteiger partial charge in [0.15, 0.2) is 0 Å². The second-order valence-corrected chi connectivity index (χ2v) is 5.59. The SMILES string of the molecule is Cc1ncsc1CCNCC1(O)CCOC1C. The maximum atomic E-state index is 10.3. The second-order valence-electron chi connectivity index (χ2n) is 4.65. The summed E-state index contributed by atoms with van der Waals surface area (Å²) in [7, 11) is 0. The molecule has 1 saturated heterocycles. The van der Waals surface area contributed by atoms with Crippen LogP contribution in [0, 0.1) is 6.92 Å². The first kappa shape index (κ1) is 13.0. The van der Waals surface area contributed by atoms with Crippen LogP contribution in [-0.2, 0) is 11.2 Å². The Balaban J connectivity index is 1.71. The zero-order chi connectivity index (χ0) is 12.3. The molecule has 0 amide bonds. The van der Waals surface area contributed by atoms with Crippen molar-refractivity contribution in [3.05, 3.63) is 16.1 Å². The van der Waals surface area contributed by atoms with Crippen molar-refractivity contribution in [2.75, 3.05) is 19.7 Å². The third-order valence-electron chi connectivity index (χ3n) is 3.46. The number of hydrogen-bond acceptors (Lipinski definition) is 5. The van der Waals surface area contributed by atoms with Gasteiger partial charge in [-0.15, -0.1) is 11.3 Å². The highest BCUT2D eigenvalue weighted by molar-refractivity contribution is 7.09. The molecule has 17 heavy (non-hydrogen) atoms. The van der Waals surface area contributed by atoms with Gasteiger partial charge in [-0.1, -0.05) is 0 Å². The van der Waals surface area contributed by atoms with Gasteiger partial charge in [-0.05, 0) is 20.3 Å². The van der Waals surface area contributed by atoms with E-state index in [0.29, 0.717) is 13.2 Å². The Labute approximate surface area is 106 Å². The highest BCUT2D eigenvalue weighted by Gasteiger charge is 2.38. The quantitative estimate of drug-likeness (QED) is 0.775. The third kappa shape index (κ3) is 3.04. The molecule has 1 fully saturated rings. The van der Waals surface area contributed by atoms with Crippen LogP contribution in [0.5, 0.6) is 0 Å². The zero-order valence-corrected chi connectivity index (χ0v) is 11.2. The lowest BCUT2D eigenvalue weighted by Gasteiger charge is -2.26. The van der Waals surface area contributed by atoms with Crippen molar-refractivity contribution in [2.45, 2.75) is 38.4 Å². The first-order valence-corrected chi connectivity index (χ1v) is 6.93. The number of nitrogens with one attached hydrogen (secondary N) is 1. The monoisotopic (exact) mass is 256 g/mol. The van der Waals surface area contributed by atoms with E-state index in [2.05, 4.69) is 10.3 Å². The molecule has 96 valence electrons. The molecule has 2 atom stereocenters. The number of aliphatic hydroxyl groups is 1. The fourth-order valence-corrected chi connectivity index (χ4v) is 2.86. The number of rotatable bonds is 5. The average Bonchev–Trinajstić information content (AvgIpc) is 2.83. The summed E-state index contributed by atoms with van der Waals surface area (Å²) in [5.74, 6) is 0. The smallest absolute Gasteiger partial charge is 0.105 e. The lowest BCUT2D eigenvalue weighted by atomic mass is 9.97. The highest BCUT2D eigenvalue weighted by Crippen LogP contribution is 2.24. The standard InChI is InChI=1S/C12H20N2O2S/c1-9-11(17-8-14-9)3-5-13-7-12(15)4-6-16-10(12)2/h8,10,13,15H,3-7H2,1-2H3. The molecule has 0 spiro atoms. The molecule has 0 radical (unpaired) electrons. The van der Waals surface area contributed by atoms with E-state index < -0.39 is 5.60 Å². The van der Waals surface area contributed by atoms with Crippen LogP contribution in [0.4, 0.5) is 0 Å². The van der Waals surface area contributed by atoms with Gasteiger partial charge in [0.05, 0.1) is 17.3 Å². The average molecular weight is 256 g/mol. The van der Waals surface area contributed by atoms with Gasteiger partial charge >= 0.3 is 0 Å². The van der Waals surface area contributed by atoms with E-state index in [0.717, 1.165) is 25.1 Å². The van der Waals surface area contributed by atoms with Gasteiger partial charge in [-0.2, -0.15) is 0 Å². The molecule has 4 nitrogen and oxygen atoms in total. The Bertz CT molecular complexity index is 369. The fourth-order valence-electron chi connectivity index (χ4n) is 2.08. The van der Waals surface area contributed by atoms with E-state index >= 15 is 0 Å². The Morgan fingerprint density at radius 3 is 3.12 bits per heavy atom. The molecule has 5 heteroatoms.